The third-order valence-corrected chi connectivity index (χ3v) is 2.57. The third kappa shape index (κ3) is 8.86. The smallest absolute Gasteiger partial charge is 0.315 e. The fourth-order valence-corrected chi connectivity index (χ4v) is 1.09. The zero-order valence-corrected chi connectivity index (χ0v) is 11.8. The van der Waals surface area contributed by atoms with Crippen LogP contribution in [0, 0.1) is 11.8 Å². The first-order chi connectivity index (χ1) is 7.81. The zero-order chi connectivity index (χ0) is 14.0. The Balaban J connectivity index is 0. The lowest BCUT2D eigenvalue weighted by molar-refractivity contribution is -0.148. The molecule has 0 aliphatic rings. The first-order valence-electron chi connectivity index (χ1n) is 6.10. The van der Waals surface area contributed by atoms with E-state index in [9.17, 15) is 9.59 Å². The average Bonchev–Trinajstić information content (AvgIpc) is 2.35. The van der Waals surface area contributed by atoms with E-state index in [0.29, 0.717) is 12.3 Å². The Hall–Kier alpha value is -0.900. The lowest BCUT2D eigenvalue weighted by atomic mass is 10.1. The van der Waals surface area contributed by atoms with Crippen molar-refractivity contribution in [3.63, 3.8) is 0 Å². The van der Waals surface area contributed by atoms with Crippen LogP contribution >= 0.6 is 0 Å². The summed E-state index contributed by atoms with van der Waals surface area (Å²) < 4.78 is 4.38. The van der Waals surface area contributed by atoms with Crippen molar-refractivity contribution < 1.29 is 19.4 Å². The Morgan fingerprint density at radius 3 is 1.82 bits per heavy atom. The maximum Gasteiger partial charge on any atom is 0.315 e. The van der Waals surface area contributed by atoms with Gasteiger partial charge < -0.3 is 9.84 Å². The number of Topliss-reactive ketones (excluding diaryl/α,β-unsaturated/α-hetero) is 1. The molecule has 0 saturated heterocycles. The maximum atomic E-state index is 10.8. The van der Waals surface area contributed by atoms with E-state index in [1.165, 1.54) is 7.11 Å². The minimum Gasteiger partial charge on any atom is -0.468 e. The molecule has 0 heterocycles. The number of methoxy groups -OCH3 is 1. The Bertz CT molecular complexity index is 207. The zero-order valence-electron chi connectivity index (χ0n) is 11.8. The van der Waals surface area contributed by atoms with Gasteiger partial charge in [0.1, 0.15) is 11.7 Å². The molecule has 102 valence electrons. The lowest BCUT2D eigenvalue weighted by Crippen LogP contribution is -2.21. The van der Waals surface area contributed by atoms with Gasteiger partial charge in [-0.05, 0) is 19.3 Å². The second kappa shape index (κ2) is 10.3. The fraction of sp³-hybridized carbons (Fsp3) is 0.846. The number of carbonyl (C=O) groups is 2. The Morgan fingerprint density at radius 1 is 1.18 bits per heavy atom. The summed E-state index contributed by atoms with van der Waals surface area (Å²) in [5.41, 5.74) is 0. The number of ketones is 1. The number of hydrogen-bond donors (Lipinski definition) is 1. The number of rotatable bonds is 5. The van der Waals surface area contributed by atoms with Crippen molar-refractivity contribution in [2.75, 3.05) is 7.11 Å². The van der Waals surface area contributed by atoms with Crippen molar-refractivity contribution in [1.29, 1.82) is 0 Å². The molecule has 0 fully saturated rings. The van der Waals surface area contributed by atoms with Gasteiger partial charge in [-0.2, -0.15) is 0 Å². The molecule has 4 nitrogen and oxygen atoms in total. The van der Waals surface area contributed by atoms with Crippen LogP contribution in [-0.2, 0) is 14.3 Å². The summed E-state index contributed by atoms with van der Waals surface area (Å²) in [5.74, 6) is -0.710. The van der Waals surface area contributed by atoms with Gasteiger partial charge in [-0.25, -0.2) is 0 Å². The van der Waals surface area contributed by atoms with Gasteiger partial charge in [-0.15, -0.1) is 0 Å². The molecule has 0 aliphatic carbocycles. The van der Waals surface area contributed by atoms with E-state index in [-0.39, 0.29) is 11.9 Å². The topological polar surface area (TPSA) is 63.6 Å². The number of ether oxygens (including phenoxy) is 1. The Labute approximate surface area is 104 Å². The van der Waals surface area contributed by atoms with Gasteiger partial charge >= 0.3 is 5.97 Å². The van der Waals surface area contributed by atoms with Crippen molar-refractivity contribution in [2.24, 2.45) is 11.8 Å². The monoisotopic (exact) mass is 246 g/mol. The van der Waals surface area contributed by atoms with E-state index < -0.39 is 11.9 Å². The van der Waals surface area contributed by atoms with Crippen LogP contribution in [0.15, 0.2) is 0 Å². The second-order valence-electron chi connectivity index (χ2n) is 4.28. The molecule has 2 atom stereocenters. The van der Waals surface area contributed by atoms with Gasteiger partial charge in [0.2, 0.25) is 0 Å². The highest BCUT2D eigenvalue weighted by Crippen LogP contribution is 2.03. The molecule has 0 radical (unpaired) electrons. The van der Waals surface area contributed by atoms with Gasteiger partial charge in [0.15, 0.2) is 0 Å². The van der Waals surface area contributed by atoms with Crippen LogP contribution in [0.3, 0.4) is 0 Å². The molecule has 1 unspecified atom stereocenters. The summed E-state index contributed by atoms with van der Waals surface area (Å²) in [6.45, 7) is 9.31. The van der Waals surface area contributed by atoms with Crippen LogP contribution in [0.4, 0.5) is 0 Å². The Morgan fingerprint density at radius 2 is 1.65 bits per heavy atom. The van der Waals surface area contributed by atoms with E-state index in [0.717, 1.165) is 6.42 Å². The van der Waals surface area contributed by atoms with Crippen LogP contribution in [0.1, 0.15) is 47.5 Å². The highest BCUT2D eigenvalue weighted by Gasteiger charge is 2.19. The summed E-state index contributed by atoms with van der Waals surface area (Å²) >= 11 is 0. The number of aliphatic hydroxyl groups excluding tert-OH is 1. The van der Waals surface area contributed by atoms with Crippen molar-refractivity contribution in [3.05, 3.63) is 0 Å². The average molecular weight is 246 g/mol. The van der Waals surface area contributed by atoms with Gasteiger partial charge in [0.25, 0.3) is 0 Å². The molecule has 0 aromatic heterocycles. The summed E-state index contributed by atoms with van der Waals surface area (Å²) in [7, 11) is 1.28. The highest BCUT2D eigenvalue weighted by molar-refractivity contribution is 5.98. The SMILES string of the molecule is CCC(=O)C(C)C(=O)OC.CC[C@@H](O)C(C)C. The van der Waals surface area contributed by atoms with Crippen LogP contribution in [0.5, 0.6) is 0 Å². The molecular weight excluding hydrogens is 220 g/mol. The van der Waals surface area contributed by atoms with Gasteiger partial charge in [0.05, 0.1) is 13.2 Å². The highest BCUT2D eigenvalue weighted by atomic mass is 16.5. The lowest BCUT2D eigenvalue weighted by Gasteiger charge is -2.09. The van der Waals surface area contributed by atoms with E-state index >= 15 is 0 Å². The Kier molecular flexibility index (Phi) is 11.2. The van der Waals surface area contributed by atoms with Crippen LogP contribution < -0.4 is 0 Å². The van der Waals surface area contributed by atoms with Crippen LogP contribution in [-0.4, -0.2) is 30.1 Å². The van der Waals surface area contributed by atoms with Crippen LogP contribution in [0.2, 0.25) is 0 Å². The molecule has 0 spiro atoms. The second-order valence-corrected chi connectivity index (χ2v) is 4.28. The first-order valence-corrected chi connectivity index (χ1v) is 6.10. The van der Waals surface area contributed by atoms with Crippen molar-refractivity contribution >= 4 is 11.8 Å². The summed E-state index contributed by atoms with van der Waals surface area (Å²) in [6, 6.07) is 0. The molecular formula is C13H26O4. The van der Waals surface area contributed by atoms with E-state index in [1.807, 2.05) is 20.8 Å². The van der Waals surface area contributed by atoms with Crippen molar-refractivity contribution in [2.45, 2.75) is 53.6 Å². The van der Waals surface area contributed by atoms with E-state index in [4.69, 9.17) is 5.11 Å². The number of carbonyl (C=O) groups excluding carboxylic acids is 2. The standard InChI is InChI=1S/C7H12O3.C6H14O/c1-4-6(8)5(2)7(9)10-3;1-4-6(7)5(2)3/h5H,4H2,1-3H3;5-7H,4H2,1-3H3/t;6-/m.1/s1. The summed E-state index contributed by atoms with van der Waals surface area (Å²) in [6.07, 6.45) is 1.16. The third-order valence-electron chi connectivity index (χ3n) is 2.57. The summed E-state index contributed by atoms with van der Waals surface area (Å²) in [5, 5.41) is 8.94. The molecule has 4 heteroatoms. The number of aliphatic hydroxyl groups is 1. The van der Waals surface area contributed by atoms with Gasteiger partial charge in [0, 0.05) is 6.42 Å². The predicted octanol–water partition coefficient (Wildman–Crippen LogP) is 2.19. The van der Waals surface area contributed by atoms with E-state index in [2.05, 4.69) is 4.74 Å². The molecule has 0 rings (SSSR count). The van der Waals surface area contributed by atoms with Gasteiger partial charge in [-0.3, -0.25) is 9.59 Å². The molecule has 1 N–H and O–H groups in total. The molecule has 0 aliphatic heterocycles. The maximum absolute atomic E-state index is 10.8. The fourth-order valence-electron chi connectivity index (χ4n) is 1.09. The van der Waals surface area contributed by atoms with E-state index in [1.54, 1.807) is 13.8 Å². The minimum atomic E-state index is -0.602. The van der Waals surface area contributed by atoms with Crippen molar-refractivity contribution in [1.82, 2.24) is 0 Å². The van der Waals surface area contributed by atoms with Crippen LogP contribution in [0.25, 0.3) is 0 Å². The predicted molar refractivity (Wildman–Crippen MR) is 67.6 cm³/mol. The van der Waals surface area contributed by atoms with Crippen molar-refractivity contribution in [3.8, 4) is 0 Å². The normalized spacial score (nSPS) is 13.4. The molecule has 17 heavy (non-hydrogen) atoms. The summed E-state index contributed by atoms with van der Waals surface area (Å²) in [4.78, 5) is 21.5. The minimum absolute atomic E-state index is 0.0770. The molecule has 0 aromatic carbocycles. The largest absolute Gasteiger partial charge is 0.468 e. The molecule has 0 amide bonds. The molecule has 0 aromatic rings. The quantitative estimate of drug-likeness (QED) is 0.596. The first kappa shape index (κ1) is 18.5. The number of hydrogen-bond acceptors (Lipinski definition) is 4. The van der Waals surface area contributed by atoms with Gasteiger partial charge in [-0.1, -0.05) is 27.7 Å². The molecule has 0 bridgehead atoms. The number of esters is 1. The molecule has 0 saturated carbocycles.